The van der Waals surface area contributed by atoms with Crippen LogP contribution in [0.3, 0.4) is 0 Å². The fourth-order valence-electron chi connectivity index (χ4n) is 5.54. The number of rotatable bonds is 7. The van der Waals surface area contributed by atoms with Crippen molar-refractivity contribution in [3.8, 4) is 17.2 Å². The number of amides is 5. The number of hydrogen-bond acceptors (Lipinski definition) is 8. The van der Waals surface area contributed by atoms with Gasteiger partial charge in [0.2, 0.25) is 11.4 Å². The van der Waals surface area contributed by atoms with Crippen LogP contribution >= 0.6 is 0 Å². The van der Waals surface area contributed by atoms with Crippen molar-refractivity contribution in [2.75, 3.05) is 32.8 Å². The Morgan fingerprint density at radius 1 is 0.949 bits per heavy atom. The minimum absolute atomic E-state index is 0.0727. The molecule has 0 radical (unpaired) electrons. The largest absolute Gasteiger partial charge is 0.457 e. The Morgan fingerprint density at radius 2 is 1.56 bits per heavy atom. The second-order valence-corrected chi connectivity index (χ2v) is 9.82. The lowest BCUT2D eigenvalue weighted by atomic mass is 9.70. The number of imide groups is 2. The molecule has 3 saturated heterocycles. The van der Waals surface area contributed by atoms with E-state index in [2.05, 4.69) is 15.4 Å². The number of aliphatic hydroxyl groups is 1. The van der Waals surface area contributed by atoms with Gasteiger partial charge >= 0.3 is 12.6 Å². The predicted octanol–water partition coefficient (Wildman–Crippen LogP) is 1.56. The first-order valence-electron chi connectivity index (χ1n) is 12.3. The molecule has 2 aromatic carbocycles. The highest BCUT2D eigenvalue weighted by molar-refractivity contribution is 6.22. The van der Waals surface area contributed by atoms with Crippen LogP contribution in [-0.4, -0.2) is 78.1 Å². The molecular formula is C26H26F2N4O7. The van der Waals surface area contributed by atoms with Crippen LogP contribution in [0.5, 0.6) is 17.2 Å². The summed E-state index contributed by atoms with van der Waals surface area (Å²) < 4.78 is 35.2. The zero-order valence-electron chi connectivity index (χ0n) is 20.7. The maximum atomic E-state index is 13.3. The number of benzene rings is 2. The number of carbonyl (C=O) groups excluding carboxylic acids is 4. The molecule has 39 heavy (non-hydrogen) atoms. The van der Waals surface area contributed by atoms with Gasteiger partial charge in [-0.3, -0.25) is 29.9 Å². The predicted molar refractivity (Wildman–Crippen MR) is 130 cm³/mol. The summed E-state index contributed by atoms with van der Waals surface area (Å²) in [5, 5.41) is 13.5. The van der Waals surface area contributed by atoms with Crippen molar-refractivity contribution >= 4 is 23.8 Å². The molecule has 0 atom stereocenters. The Kier molecular flexibility index (Phi) is 6.95. The minimum atomic E-state index is -2.98. The highest BCUT2D eigenvalue weighted by Gasteiger charge is 2.58. The summed E-state index contributed by atoms with van der Waals surface area (Å²) >= 11 is 0. The Labute approximate surface area is 221 Å². The zero-order valence-corrected chi connectivity index (χ0v) is 20.7. The number of carbonyl (C=O) groups is 4. The first-order chi connectivity index (χ1) is 18.6. The molecule has 0 unspecified atom stereocenters. The van der Waals surface area contributed by atoms with Gasteiger partial charge in [-0.05, 0) is 42.7 Å². The summed E-state index contributed by atoms with van der Waals surface area (Å²) in [4.78, 5) is 53.7. The summed E-state index contributed by atoms with van der Waals surface area (Å²) in [5.74, 6) is -1.40. The van der Waals surface area contributed by atoms with E-state index in [1.165, 1.54) is 30.3 Å². The van der Waals surface area contributed by atoms with Gasteiger partial charge in [-0.25, -0.2) is 4.79 Å². The van der Waals surface area contributed by atoms with E-state index in [0.29, 0.717) is 50.3 Å². The van der Waals surface area contributed by atoms with Crippen molar-refractivity contribution < 1.29 is 42.5 Å². The third-order valence-electron chi connectivity index (χ3n) is 7.49. The van der Waals surface area contributed by atoms with E-state index in [9.17, 15) is 28.0 Å². The SMILES string of the molecule is O=C1NC(=O)C(c2ccc(Oc3cccc(OC(F)F)c3)cc2)(N2CCC3(CC2)CN(C(=O)CO)C3)C(=O)N1. The van der Waals surface area contributed by atoms with Crippen molar-refractivity contribution in [3.05, 3.63) is 54.1 Å². The number of barbiturate groups is 1. The highest BCUT2D eigenvalue weighted by atomic mass is 19.3. The quantitative estimate of drug-likeness (QED) is 0.447. The van der Waals surface area contributed by atoms with Gasteiger partial charge in [0.05, 0.1) is 0 Å². The summed E-state index contributed by atoms with van der Waals surface area (Å²) in [6, 6.07) is 11.0. The van der Waals surface area contributed by atoms with E-state index in [1.807, 2.05) is 0 Å². The summed E-state index contributed by atoms with van der Waals surface area (Å²) in [5.41, 5.74) is -1.65. The molecule has 0 aliphatic carbocycles. The molecule has 206 valence electrons. The molecule has 2 aromatic rings. The van der Waals surface area contributed by atoms with Crippen LogP contribution in [-0.2, 0) is 19.9 Å². The number of ether oxygens (including phenoxy) is 2. The maximum absolute atomic E-state index is 13.3. The monoisotopic (exact) mass is 544 g/mol. The molecule has 1 spiro atoms. The van der Waals surface area contributed by atoms with E-state index >= 15 is 0 Å². The van der Waals surface area contributed by atoms with E-state index < -0.39 is 36.6 Å². The molecule has 11 nitrogen and oxygen atoms in total. The number of likely N-dealkylation sites (tertiary alicyclic amines) is 2. The smallest absolute Gasteiger partial charge is 0.387 e. The van der Waals surface area contributed by atoms with Gasteiger partial charge in [0.15, 0.2) is 0 Å². The molecule has 3 heterocycles. The van der Waals surface area contributed by atoms with Crippen LogP contribution in [0.1, 0.15) is 18.4 Å². The average Bonchev–Trinajstić information content (AvgIpc) is 2.88. The molecule has 3 aliphatic rings. The topological polar surface area (TPSA) is 138 Å². The Hall–Kier alpha value is -4.10. The molecule has 13 heteroatoms. The summed E-state index contributed by atoms with van der Waals surface area (Å²) in [7, 11) is 0. The van der Waals surface area contributed by atoms with Gasteiger partial charge in [-0.2, -0.15) is 8.78 Å². The lowest BCUT2D eigenvalue weighted by Crippen LogP contribution is -2.73. The second kappa shape index (κ2) is 10.2. The van der Waals surface area contributed by atoms with Crippen molar-refractivity contribution in [1.82, 2.24) is 20.4 Å². The molecular weight excluding hydrogens is 518 g/mol. The molecule has 5 amide bonds. The van der Waals surface area contributed by atoms with Crippen molar-refractivity contribution in [2.45, 2.75) is 25.0 Å². The maximum Gasteiger partial charge on any atom is 0.387 e. The number of nitrogens with one attached hydrogen (secondary N) is 2. The van der Waals surface area contributed by atoms with E-state index in [4.69, 9.17) is 9.84 Å². The van der Waals surface area contributed by atoms with E-state index in [-0.39, 0.29) is 22.8 Å². The van der Waals surface area contributed by atoms with Crippen LogP contribution < -0.4 is 20.1 Å². The summed E-state index contributed by atoms with van der Waals surface area (Å²) in [6.45, 7) is -1.82. The third kappa shape index (κ3) is 4.90. The van der Waals surface area contributed by atoms with Crippen molar-refractivity contribution in [3.63, 3.8) is 0 Å². The van der Waals surface area contributed by atoms with Gasteiger partial charge in [0.25, 0.3) is 11.8 Å². The number of aliphatic hydroxyl groups excluding tert-OH is 1. The first-order valence-corrected chi connectivity index (χ1v) is 12.3. The molecule has 3 fully saturated rings. The molecule has 5 rings (SSSR count). The van der Waals surface area contributed by atoms with Gasteiger partial charge in [0, 0.05) is 37.7 Å². The number of halogens is 2. The van der Waals surface area contributed by atoms with Gasteiger partial charge in [-0.15, -0.1) is 0 Å². The average molecular weight is 545 g/mol. The van der Waals surface area contributed by atoms with Crippen LogP contribution in [0.2, 0.25) is 0 Å². The standard InChI is InChI=1S/C26H26F2N4O7/c27-23(28)39-19-3-1-2-18(12-19)38-17-6-4-16(5-7-17)26(21(35)29-24(37)30-22(26)36)32-10-8-25(9-11-32)14-31(15-25)20(34)13-33/h1-7,12,23,33H,8-11,13-15H2,(H2,29,30,35,36,37). The lowest BCUT2D eigenvalue weighted by molar-refractivity contribution is -0.157. The minimum Gasteiger partial charge on any atom is -0.457 e. The van der Waals surface area contributed by atoms with Gasteiger partial charge in [0.1, 0.15) is 23.9 Å². The van der Waals surface area contributed by atoms with E-state index in [1.54, 1.807) is 28.0 Å². The molecule has 0 bridgehead atoms. The Balaban J connectivity index is 1.37. The number of urea groups is 1. The molecule has 3 aliphatic heterocycles. The highest BCUT2D eigenvalue weighted by Crippen LogP contribution is 2.44. The normalized spacial score (nSPS) is 20.3. The van der Waals surface area contributed by atoms with Crippen LogP contribution in [0.15, 0.2) is 48.5 Å². The van der Waals surface area contributed by atoms with Gasteiger partial charge in [-0.1, -0.05) is 18.2 Å². The second-order valence-electron chi connectivity index (χ2n) is 9.82. The van der Waals surface area contributed by atoms with E-state index in [0.717, 1.165) is 0 Å². The molecule has 0 saturated carbocycles. The number of alkyl halides is 2. The lowest BCUT2D eigenvalue weighted by Gasteiger charge is -2.56. The molecule has 0 aromatic heterocycles. The summed E-state index contributed by atoms with van der Waals surface area (Å²) in [6.07, 6.45) is 1.22. The zero-order chi connectivity index (χ0) is 27.8. The van der Waals surface area contributed by atoms with Crippen LogP contribution in [0.4, 0.5) is 13.6 Å². The van der Waals surface area contributed by atoms with Crippen molar-refractivity contribution in [2.24, 2.45) is 5.41 Å². The third-order valence-corrected chi connectivity index (χ3v) is 7.49. The fraction of sp³-hybridized carbons (Fsp3) is 0.385. The van der Waals surface area contributed by atoms with Gasteiger partial charge < -0.3 is 19.5 Å². The Bertz CT molecular complexity index is 1270. The number of nitrogens with zero attached hydrogens (tertiary/aromatic N) is 2. The van der Waals surface area contributed by atoms with Crippen LogP contribution in [0, 0.1) is 5.41 Å². The first kappa shape index (κ1) is 26.5. The fourth-order valence-corrected chi connectivity index (χ4v) is 5.54. The van der Waals surface area contributed by atoms with Crippen molar-refractivity contribution in [1.29, 1.82) is 0 Å². The number of piperidine rings is 1. The number of hydrogen-bond donors (Lipinski definition) is 3. The molecule has 3 N–H and O–H groups in total. The Morgan fingerprint density at radius 3 is 2.15 bits per heavy atom. The van der Waals surface area contributed by atoms with Crippen LogP contribution in [0.25, 0.3) is 0 Å².